The highest BCUT2D eigenvalue weighted by molar-refractivity contribution is 5.91. The van der Waals surface area contributed by atoms with E-state index in [1.807, 2.05) is 6.08 Å². The molecule has 2 heteroatoms. The Hall–Kier alpha value is -1.36. The molecule has 9 atom stereocenters. The SMILES string of the molecule is C=C[C@H]1CC2=CC(=O)CC[C@@H]2[C@H]2CC[C@@]3(CC)[C@@H]([C@@H]4C[C@@H]4[C@@]3(C#N)CC)[C@@H]21. The lowest BCUT2D eigenvalue weighted by molar-refractivity contribution is -0.117. The quantitative estimate of drug-likeness (QED) is 0.603. The highest BCUT2D eigenvalue weighted by atomic mass is 16.1. The van der Waals surface area contributed by atoms with Crippen LogP contribution in [-0.2, 0) is 4.79 Å². The molecule has 0 aromatic rings. The Morgan fingerprint density at radius 1 is 1.30 bits per heavy atom. The first-order chi connectivity index (χ1) is 13.1. The summed E-state index contributed by atoms with van der Waals surface area (Å²) in [6, 6.07) is 2.92. The van der Waals surface area contributed by atoms with E-state index in [9.17, 15) is 10.1 Å². The number of hydrogen-bond donors (Lipinski definition) is 0. The number of nitrogens with zero attached hydrogens (tertiary/aromatic N) is 1. The topological polar surface area (TPSA) is 40.9 Å². The van der Waals surface area contributed by atoms with E-state index in [0.717, 1.165) is 38.0 Å². The summed E-state index contributed by atoms with van der Waals surface area (Å²) in [7, 11) is 0. The summed E-state index contributed by atoms with van der Waals surface area (Å²) in [5.74, 6) is 4.96. The molecule has 2 nitrogen and oxygen atoms in total. The number of rotatable bonds is 3. The fourth-order valence-electron chi connectivity index (χ4n) is 9.07. The highest BCUT2D eigenvalue weighted by Crippen LogP contribution is 2.81. The van der Waals surface area contributed by atoms with Crippen molar-refractivity contribution in [2.24, 2.45) is 52.3 Å². The summed E-state index contributed by atoms with van der Waals surface area (Å²) < 4.78 is 0. The monoisotopic (exact) mass is 363 g/mol. The minimum absolute atomic E-state index is 0.0909. The third kappa shape index (κ3) is 1.99. The molecular weight excluding hydrogens is 330 g/mol. The smallest absolute Gasteiger partial charge is 0.155 e. The second-order valence-electron chi connectivity index (χ2n) is 10.2. The zero-order valence-electron chi connectivity index (χ0n) is 16.9. The Kier molecular flexibility index (Phi) is 3.82. The average Bonchev–Trinajstić information content (AvgIpc) is 3.44. The van der Waals surface area contributed by atoms with Crippen LogP contribution < -0.4 is 0 Å². The molecule has 0 N–H and O–H groups in total. The molecule has 0 aliphatic heterocycles. The predicted molar refractivity (Wildman–Crippen MR) is 106 cm³/mol. The number of ketones is 1. The molecule has 0 heterocycles. The third-order valence-electron chi connectivity index (χ3n) is 9.99. The van der Waals surface area contributed by atoms with Crippen molar-refractivity contribution in [3.63, 3.8) is 0 Å². The maximum Gasteiger partial charge on any atom is 0.155 e. The molecule has 5 rings (SSSR count). The number of fused-ring (bicyclic) bond motifs is 7. The molecule has 0 spiro atoms. The maximum absolute atomic E-state index is 12.0. The van der Waals surface area contributed by atoms with E-state index in [0.29, 0.717) is 41.3 Å². The lowest BCUT2D eigenvalue weighted by Gasteiger charge is -2.60. The fraction of sp³-hybridized carbons (Fsp3) is 0.760. The molecule has 4 fully saturated rings. The van der Waals surface area contributed by atoms with Gasteiger partial charge < -0.3 is 0 Å². The van der Waals surface area contributed by atoms with Gasteiger partial charge in [0, 0.05) is 6.42 Å². The molecule has 0 amide bonds. The van der Waals surface area contributed by atoms with Gasteiger partial charge in [-0.25, -0.2) is 0 Å². The van der Waals surface area contributed by atoms with Crippen molar-refractivity contribution in [3.8, 4) is 6.07 Å². The van der Waals surface area contributed by atoms with Gasteiger partial charge in [0.25, 0.3) is 0 Å². The Labute approximate surface area is 164 Å². The van der Waals surface area contributed by atoms with Crippen LogP contribution in [0.4, 0.5) is 0 Å². The first-order valence-corrected chi connectivity index (χ1v) is 11.3. The molecule has 0 radical (unpaired) electrons. The number of carbonyl (C=O) groups is 1. The summed E-state index contributed by atoms with van der Waals surface area (Å²) in [5, 5.41) is 10.4. The van der Waals surface area contributed by atoms with Crippen LogP contribution in [0.1, 0.15) is 65.2 Å². The Morgan fingerprint density at radius 2 is 2.11 bits per heavy atom. The summed E-state index contributed by atoms with van der Waals surface area (Å²) in [4.78, 5) is 12.0. The molecule has 0 aromatic heterocycles. The van der Waals surface area contributed by atoms with Crippen molar-refractivity contribution in [1.29, 1.82) is 5.26 Å². The maximum atomic E-state index is 12.0. The van der Waals surface area contributed by atoms with Crippen LogP contribution in [0.25, 0.3) is 0 Å². The normalized spacial score (nSPS) is 52.6. The van der Waals surface area contributed by atoms with E-state index in [2.05, 4.69) is 32.6 Å². The molecular formula is C25H33NO. The van der Waals surface area contributed by atoms with Gasteiger partial charge in [0.05, 0.1) is 11.5 Å². The van der Waals surface area contributed by atoms with Gasteiger partial charge in [0.1, 0.15) is 0 Å². The van der Waals surface area contributed by atoms with Gasteiger partial charge in [0.2, 0.25) is 0 Å². The third-order valence-corrected chi connectivity index (χ3v) is 9.99. The minimum atomic E-state index is -0.0909. The Bertz CT molecular complexity index is 759. The van der Waals surface area contributed by atoms with Crippen LogP contribution >= 0.6 is 0 Å². The van der Waals surface area contributed by atoms with Gasteiger partial charge in [-0.3, -0.25) is 4.79 Å². The van der Waals surface area contributed by atoms with Crippen LogP contribution in [0, 0.1) is 63.6 Å². The second-order valence-corrected chi connectivity index (χ2v) is 10.2. The molecule has 144 valence electrons. The molecule has 0 unspecified atom stereocenters. The first-order valence-electron chi connectivity index (χ1n) is 11.3. The summed E-state index contributed by atoms with van der Waals surface area (Å²) in [6.45, 7) is 8.86. The van der Waals surface area contributed by atoms with Gasteiger partial charge in [-0.15, -0.1) is 6.58 Å². The van der Waals surface area contributed by atoms with Crippen molar-refractivity contribution in [2.75, 3.05) is 0 Å². The van der Waals surface area contributed by atoms with E-state index in [4.69, 9.17) is 0 Å². The Morgan fingerprint density at radius 3 is 2.78 bits per heavy atom. The van der Waals surface area contributed by atoms with Crippen molar-refractivity contribution >= 4 is 5.78 Å². The molecule has 0 aromatic carbocycles. The van der Waals surface area contributed by atoms with Gasteiger partial charge >= 0.3 is 0 Å². The average molecular weight is 364 g/mol. The molecule has 5 aliphatic carbocycles. The molecule has 27 heavy (non-hydrogen) atoms. The van der Waals surface area contributed by atoms with E-state index in [-0.39, 0.29) is 10.8 Å². The Balaban J connectivity index is 1.60. The lowest BCUT2D eigenvalue weighted by atomic mass is 9.44. The number of carbonyl (C=O) groups excluding carboxylic acids is 1. The zero-order valence-corrected chi connectivity index (χ0v) is 16.9. The van der Waals surface area contributed by atoms with Gasteiger partial charge in [-0.05, 0) is 97.9 Å². The standard InChI is InChI=1S/C25H33NO/c1-4-15-11-16-12-17(27)7-8-18(16)19-9-10-24(5-2)23(22(15)19)20-13-21(20)25(24,6-3)14-26/h4,12,15,18-23H,1,5-11,13H2,2-3H3/t15-,18-,19+,20+,21-,22+,23-,24-,25-/m0/s1. The minimum Gasteiger partial charge on any atom is -0.295 e. The van der Waals surface area contributed by atoms with Crippen LogP contribution in [0.5, 0.6) is 0 Å². The lowest BCUT2D eigenvalue weighted by Crippen LogP contribution is -2.54. The summed E-state index contributed by atoms with van der Waals surface area (Å²) in [6.07, 6.45) is 13.0. The summed E-state index contributed by atoms with van der Waals surface area (Å²) in [5.41, 5.74) is 1.55. The number of hydrogen-bond acceptors (Lipinski definition) is 2. The highest BCUT2D eigenvalue weighted by Gasteiger charge is 2.77. The molecule has 0 saturated heterocycles. The second kappa shape index (κ2) is 5.82. The van der Waals surface area contributed by atoms with E-state index >= 15 is 0 Å². The van der Waals surface area contributed by atoms with Gasteiger partial charge in [-0.2, -0.15) is 5.26 Å². The van der Waals surface area contributed by atoms with Crippen molar-refractivity contribution in [1.82, 2.24) is 0 Å². The molecule has 4 saturated carbocycles. The van der Waals surface area contributed by atoms with Crippen LogP contribution in [0.2, 0.25) is 0 Å². The first kappa shape index (κ1) is 17.7. The van der Waals surface area contributed by atoms with E-state index in [1.165, 1.54) is 24.8 Å². The van der Waals surface area contributed by atoms with Crippen molar-refractivity contribution in [2.45, 2.75) is 65.2 Å². The van der Waals surface area contributed by atoms with Crippen LogP contribution in [-0.4, -0.2) is 5.78 Å². The number of nitriles is 1. The fourth-order valence-corrected chi connectivity index (χ4v) is 9.07. The van der Waals surface area contributed by atoms with E-state index < -0.39 is 0 Å². The largest absolute Gasteiger partial charge is 0.295 e. The summed E-state index contributed by atoms with van der Waals surface area (Å²) >= 11 is 0. The van der Waals surface area contributed by atoms with E-state index in [1.54, 1.807) is 0 Å². The zero-order chi connectivity index (χ0) is 19.0. The van der Waals surface area contributed by atoms with Crippen molar-refractivity contribution in [3.05, 3.63) is 24.3 Å². The number of allylic oxidation sites excluding steroid dienone is 2. The van der Waals surface area contributed by atoms with Crippen LogP contribution in [0.15, 0.2) is 24.3 Å². The predicted octanol–water partition coefficient (Wildman–Crippen LogP) is 5.71. The molecule has 0 bridgehead atoms. The van der Waals surface area contributed by atoms with Crippen molar-refractivity contribution < 1.29 is 4.79 Å². The van der Waals surface area contributed by atoms with Gasteiger partial charge in [-0.1, -0.05) is 25.5 Å². The van der Waals surface area contributed by atoms with Crippen LogP contribution in [0.3, 0.4) is 0 Å². The van der Waals surface area contributed by atoms with Gasteiger partial charge in [0.15, 0.2) is 5.78 Å². The molecule has 5 aliphatic rings.